The molecule has 3 rings (SSSR count). The van der Waals surface area contributed by atoms with Crippen molar-refractivity contribution in [2.45, 2.75) is 32.2 Å². The number of rotatable bonds is 4. The third kappa shape index (κ3) is 2.81. The molecule has 0 saturated heterocycles. The van der Waals surface area contributed by atoms with Gasteiger partial charge in [-0.2, -0.15) is 18.0 Å². The summed E-state index contributed by atoms with van der Waals surface area (Å²) in [5.74, 6) is -0.507. The Kier molecular flexibility index (Phi) is 3.85. The van der Waals surface area contributed by atoms with Gasteiger partial charge in [0.05, 0.1) is 11.4 Å². The number of aryl methyl sites for hydroxylation is 3. The van der Waals surface area contributed by atoms with Crippen LogP contribution in [0.15, 0.2) is 23.2 Å². The van der Waals surface area contributed by atoms with Crippen molar-refractivity contribution >= 4 is 32.0 Å². The third-order valence-corrected chi connectivity index (χ3v) is 5.59. The molecule has 0 saturated carbocycles. The summed E-state index contributed by atoms with van der Waals surface area (Å²) in [7, 11) is -3.94. The predicted molar refractivity (Wildman–Crippen MR) is 86.9 cm³/mol. The first-order chi connectivity index (χ1) is 10.8. The molecule has 0 aliphatic carbocycles. The number of imidazole rings is 1. The second kappa shape index (κ2) is 5.57. The molecule has 0 bridgehead atoms. The van der Waals surface area contributed by atoms with Crippen LogP contribution in [0.25, 0.3) is 4.96 Å². The Balaban J connectivity index is 2.14. The Labute approximate surface area is 137 Å². The maximum absolute atomic E-state index is 13.4. The highest BCUT2D eigenvalue weighted by molar-refractivity contribution is 7.92. The fourth-order valence-corrected chi connectivity index (χ4v) is 4.54. The highest BCUT2D eigenvalue weighted by atomic mass is 32.2. The Morgan fingerprint density at radius 3 is 2.78 bits per heavy atom. The molecule has 122 valence electrons. The number of halogens is 1. The number of anilines is 1. The highest BCUT2D eigenvalue weighted by Crippen LogP contribution is 2.26. The second-order valence-electron chi connectivity index (χ2n) is 5.10. The van der Waals surface area contributed by atoms with Crippen molar-refractivity contribution < 1.29 is 12.8 Å². The van der Waals surface area contributed by atoms with Crippen LogP contribution in [0, 0.1) is 19.7 Å². The standard InChI is InChI=1S/C14H15FN4O2S2/c1-4-11-13(19-14(16-11)22-9(3)17-19)23(20,21)18-12-7-10(15)6-5-8(12)2/h5-7,18H,4H2,1-3H3. The van der Waals surface area contributed by atoms with Gasteiger partial charge in [0.1, 0.15) is 10.8 Å². The predicted octanol–water partition coefficient (Wildman–Crippen LogP) is 2.91. The fraction of sp³-hybridized carbons (Fsp3) is 0.286. The molecule has 9 heteroatoms. The summed E-state index contributed by atoms with van der Waals surface area (Å²) in [6.07, 6.45) is 0.452. The van der Waals surface area contributed by atoms with Crippen molar-refractivity contribution in [2.75, 3.05) is 4.72 Å². The number of sulfonamides is 1. The van der Waals surface area contributed by atoms with E-state index in [-0.39, 0.29) is 10.7 Å². The second-order valence-corrected chi connectivity index (χ2v) is 7.86. The van der Waals surface area contributed by atoms with Gasteiger partial charge in [0.2, 0.25) is 9.99 Å². The van der Waals surface area contributed by atoms with E-state index in [4.69, 9.17) is 0 Å². The summed E-state index contributed by atoms with van der Waals surface area (Å²) in [5.41, 5.74) is 1.27. The number of aromatic nitrogens is 3. The fourth-order valence-electron chi connectivity index (χ4n) is 2.26. The lowest BCUT2D eigenvalue weighted by Gasteiger charge is -2.10. The van der Waals surface area contributed by atoms with Crippen LogP contribution < -0.4 is 4.72 Å². The van der Waals surface area contributed by atoms with Crippen molar-refractivity contribution in [1.82, 2.24) is 14.6 Å². The molecule has 3 aromatic rings. The largest absolute Gasteiger partial charge is 0.281 e. The lowest BCUT2D eigenvalue weighted by molar-refractivity contribution is 0.591. The SMILES string of the molecule is CCc1nc2sc(C)nn2c1S(=O)(=O)Nc1cc(F)ccc1C. The Morgan fingerprint density at radius 2 is 2.09 bits per heavy atom. The van der Waals surface area contributed by atoms with E-state index in [2.05, 4.69) is 14.8 Å². The third-order valence-electron chi connectivity index (χ3n) is 3.36. The summed E-state index contributed by atoms with van der Waals surface area (Å²) in [4.78, 5) is 4.85. The van der Waals surface area contributed by atoms with Crippen LogP contribution in [0.2, 0.25) is 0 Å². The smallest absolute Gasteiger partial charge is 0.278 e. The van der Waals surface area contributed by atoms with Gasteiger partial charge < -0.3 is 0 Å². The first kappa shape index (κ1) is 15.9. The summed E-state index contributed by atoms with van der Waals surface area (Å²) in [6.45, 7) is 5.31. The molecule has 0 aliphatic rings. The van der Waals surface area contributed by atoms with E-state index in [0.717, 1.165) is 6.07 Å². The first-order valence-corrected chi connectivity index (χ1v) is 9.26. The quantitative estimate of drug-likeness (QED) is 0.781. The van der Waals surface area contributed by atoms with Crippen LogP contribution in [0.5, 0.6) is 0 Å². The average Bonchev–Trinajstić information content (AvgIpc) is 2.97. The maximum atomic E-state index is 13.4. The van der Waals surface area contributed by atoms with Crippen LogP contribution >= 0.6 is 11.3 Å². The van der Waals surface area contributed by atoms with E-state index < -0.39 is 15.8 Å². The van der Waals surface area contributed by atoms with Gasteiger partial charge in [0.15, 0.2) is 0 Å². The number of fused-ring (bicyclic) bond motifs is 1. The summed E-state index contributed by atoms with van der Waals surface area (Å²) >= 11 is 1.32. The molecule has 1 aromatic carbocycles. The zero-order chi connectivity index (χ0) is 16.8. The molecule has 0 fully saturated rings. The molecular weight excluding hydrogens is 339 g/mol. The summed E-state index contributed by atoms with van der Waals surface area (Å²) < 4.78 is 42.8. The number of nitrogens with one attached hydrogen (secondary N) is 1. The van der Waals surface area contributed by atoms with Crippen molar-refractivity contribution in [1.29, 1.82) is 0 Å². The van der Waals surface area contributed by atoms with Crippen LogP contribution in [-0.4, -0.2) is 23.0 Å². The molecule has 23 heavy (non-hydrogen) atoms. The molecule has 0 amide bonds. The van der Waals surface area contributed by atoms with Crippen LogP contribution in [0.4, 0.5) is 10.1 Å². The van der Waals surface area contributed by atoms with E-state index in [1.165, 1.54) is 28.0 Å². The monoisotopic (exact) mass is 354 g/mol. The van der Waals surface area contributed by atoms with Crippen molar-refractivity contribution in [2.24, 2.45) is 0 Å². The Morgan fingerprint density at radius 1 is 1.35 bits per heavy atom. The number of benzene rings is 1. The zero-order valence-corrected chi connectivity index (χ0v) is 14.4. The molecule has 2 aromatic heterocycles. The lowest BCUT2D eigenvalue weighted by Crippen LogP contribution is -2.18. The number of nitrogens with zero attached hydrogens (tertiary/aromatic N) is 3. The number of hydrogen-bond acceptors (Lipinski definition) is 5. The highest BCUT2D eigenvalue weighted by Gasteiger charge is 2.27. The van der Waals surface area contributed by atoms with E-state index in [0.29, 0.717) is 27.6 Å². The van der Waals surface area contributed by atoms with Crippen LogP contribution in [0.1, 0.15) is 23.2 Å². The molecule has 1 N–H and O–H groups in total. The van der Waals surface area contributed by atoms with Gasteiger partial charge in [-0.05, 0) is 38.0 Å². The average molecular weight is 354 g/mol. The van der Waals surface area contributed by atoms with Gasteiger partial charge in [-0.3, -0.25) is 4.72 Å². The topological polar surface area (TPSA) is 76.4 Å². The first-order valence-electron chi connectivity index (χ1n) is 6.96. The molecular formula is C14H15FN4O2S2. The lowest BCUT2D eigenvalue weighted by atomic mass is 10.2. The van der Waals surface area contributed by atoms with E-state index in [1.807, 2.05) is 6.92 Å². The Hall–Kier alpha value is -2.00. The van der Waals surface area contributed by atoms with Gasteiger partial charge in [-0.25, -0.2) is 9.37 Å². The van der Waals surface area contributed by atoms with Crippen LogP contribution in [-0.2, 0) is 16.4 Å². The van der Waals surface area contributed by atoms with Crippen molar-refractivity contribution in [3.8, 4) is 0 Å². The van der Waals surface area contributed by atoms with E-state index >= 15 is 0 Å². The molecule has 0 aliphatic heterocycles. The van der Waals surface area contributed by atoms with Crippen molar-refractivity contribution in [3.05, 3.63) is 40.3 Å². The zero-order valence-electron chi connectivity index (χ0n) is 12.8. The molecule has 0 radical (unpaired) electrons. The number of hydrogen-bond donors (Lipinski definition) is 1. The van der Waals surface area contributed by atoms with Gasteiger partial charge >= 0.3 is 0 Å². The van der Waals surface area contributed by atoms with Crippen LogP contribution in [0.3, 0.4) is 0 Å². The molecule has 0 unspecified atom stereocenters. The van der Waals surface area contributed by atoms with E-state index in [1.54, 1.807) is 13.8 Å². The summed E-state index contributed by atoms with van der Waals surface area (Å²) in [5, 5.41) is 4.93. The van der Waals surface area contributed by atoms with Gasteiger partial charge in [-0.15, -0.1) is 0 Å². The molecule has 2 heterocycles. The molecule has 6 nitrogen and oxygen atoms in total. The van der Waals surface area contributed by atoms with Crippen molar-refractivity contribution in [3.63, 3.8) is 0 Å². The van der Waals surface area contributed by atoms with Gasteiger partial charge in [0, 0.05) is 0 Å². The minimum atomic E-state index is -3.94. The van der Waals surface area contributed by atoms with E-state index in [9.17, 15) is 12.8 Å². The van der Waals surface area contributed by atoms with Gasteiger partial charge in [0.25, 0.3) is 10.0 Å². The normalized spacial score (nSPS) is 12.0. The van der Waals surface area contributed by atoms with Gasteiger partial charge in [-0.1, -0.05) is 24.3 Å². The minimum absolute atomic E-state index is 0.00279. The molecule has 0 spiro atoms. The minimum Gasteiger partial charge on any atom is -0.278 e. The Bertz CT molecular complexity index is 992. The summed E-state index contributed by atoms with van der Waals surface area (Å²) in [6, 6.07) is 3.96. The molecule has 0 atom stereocenters. The maximum Gasteiger partial charge on any atom is 0.281 e.